The molecule has 0 saturated carbocycles. The standard InChI is InChI=1S/C20H13ClO3/c1-23-20(22)16-10-9-12(21)11-17(16)15-7-4-6-14-13-5-2-3-8-18(13)24-19(14)15/h2-11H,1H3. The van der Waals surface area contributed by atoms with Crippen molar-refractivity contribution in [2.45, 2.75) is 0 Å². The number of furan rings is 1. The van der Waals surface area contributed by atoms with Crippen molar-refractivity contribution >= 4 is 39.5 Å². The molecule has 3 aromatic carbocycles. The van der Waals surface area contributed by atoms with E-state index >= 15 is 0 Å². The second-order valence-electron chi connectivity index (χ2n) is 5.46. The first-order chi connectivity index (χ1) is 11.7. The molecule has 0 unspecified atom stereocenters. The van der Waals surface area contributed by atoms with E-state index in [2.05, 4.69) is 0 Å². The van der Waals surface area contributed by atoms with Crippen molar-refractivity contribution in [2.75, 3.05) is 7.11 Å². The second-order valence-corrected chi connectivity index (χ2v) is 5.90. The third-order valence-electron chi connectivity index (χ3n) is 4.08. The molecular weight excluding hydrogens is 324 g/mol. The summed E-state index contributed by atoms with van der Waals surface area (Å²) in [6.07, 6.45) is 0. The summed E-state index contributed by atoms with van der Waals surface area (Å²) in [5.41, 5.74) is 3.49. The van der Waals surface area contributed by atoms with E-state index in [1.54, 1.807) is 18.2 Å². The van der Waals surface area contributed by atoms with Crippen molar-refractivity contribution in [3.8, 4) is 11.1 Å². The highest BCUT2D eigenvalue weighted by molar-refractivity contribution is 6.31. The van der Waals surface area contributed by atoms with Crippen LogP contribution in [0.25, 0.3) is 33.1 Å². The molecule has 0 aliphatic heterocycles. The lowest BCUT2D eigenvalue weighted by Gasteiger charge is -2.09. The molecule has 0 fully saturated rings. The Kier molecular flexibility index (Phi) is 3.51. The molecule has 0 spiro atoms. The zero-order valence-corrected chi connectivity index (χ0v) is 13.6. The van der Waals surface area contributed by atoms with Gasteiger partial charge in [0.2, 0.25) is 0 Å². The van der Waals surface area contributed by atoms with E-state index in [1.807, 2.05) is 42.5 Å². The Hall–Kier alpha value is -2.78. The van der Waals surface area contributed by atoms with Crippen molar-refractivity contribution in [2.24, 2.45) is 0 Å². The van der Waals surface area contributed by atoms with Crippen molar-refractivity contribution in [3.63, 3.8) is 0 Å². The van der Waals surface area contributed by atoms with Gasteiger partial charge in [-0.15, -0.1) is 0 Å². The van der Waals surface area contributed by atoms with Gasteiger partial charge in [-0.2, -0.15) is 0 Å². The third kappa shape index (κ3) is 2.25. The van der Waals surface area contributed by atoms with Gasteiger partial charge in [0, 0.05) is 26.9 Å². The summed E-state index contributed by atoms with van der Waals surface area (Å²) in [4.78, 5) is 12.1. The third-order valence-corrected chi connectivity index (χ3v) is 4.32. The Labute approximate surface area is 143 Å². The molecule has 0 radical (unpaired) electrons. The predicted molar refractivity (Wildman–Crippen MR) is 95.5 cm³/mol. The van der Waals surface area contributed by atoms with Crippen LogP contribution in [0.4, 0.5) is 0 Å². The van der Waals surface area contributed by atoms with Gasteiger partial charge in [-0.3, -0.25) is 0 Å². The number of halogens is 1. The number of carbonyl (C=O) groups is 1. The molecule has 0 aliphatic rings. The van der Waals surface area contributed by atoms with Gasteiger partial charge >= 0.3 is 5.97 Å². The minimum Gasteiger partial charge on any atom is -0.465 e. The average molecular weight is 337 g/mol. The highest BCUT2D eigenvalue weighted by atomic mass is 35.5. The lowest BCUT2D eigenvalue weighted by atomic mass is 9.97. The number of rotatable bonds is 2. The van der Waals surface area contributed by atoms with Crippen LogP contribution >= 0.6 is 11.6 Å². The Morgan fingerprint density at radius 1 is 0.958 bits per heavy atom. The Bertz CT molecular complexity index is 1080. The summed E-state index contributed by atoms with van der Waals surface area (Å²) >= 11 is 6.16. The van der Waals surface area contributed by atoms with E-state index < -0.39 is 5.97 Å². The van der Waals surface area contributed by atoms with Crippen molar-refractivity contribution in [1.29, 1.82) is 0 Å². The topological polar surface area (TPSA) is 39.4 Å². The van der Waals surface area contributed by atoms with Crippen LogP contribution in [0.3, 0.4) is 0 Å². The smallest absolute Gasteiger partial charge is 0.338 e. The van der Waals surface area contributed by atoms with E-state index in [4.69, 9.17) is 20.8 Å². The molecule has 1 heterocycles. The Morgan fingerprint density at radius 2 is 1.75 bits per heavy atom. The van der Waals surface area contributed by atoms with Gasteiger partial charge in [0.05, 0.1) is 12.7 Å². The summed E-state index contributed by atoms with van der Waals surface area (Å²) in [6.45, 7) is 0. The molecule has 118 valence electrons. The van der Waals surface area contributed by atoms with Crippen molar-refractivity contribution < 1.29 is 13.9 Å². The predicted octanol–water partition coefficient (Wildman–Crippen LogP) is 5.69. The van der Waals surface area contributed by atoms with Gasteiger partial charge < -0.3 is 9.15 Å². The molecule has 4 heteroatoms. The molecule has 4 aromatic rings. The molecule has 0 atom stereocenters. The number of para-hydroxylation sites is 2. The normalized spacial score (nSPS) is 11.1. The van der Waals surface area contributed by atoms with Crippen molar-refractivity contribution in [1.82, 2.24) is 0 Å². The number of ether oxygens (including phenoxy) is 1. The maximum Gasteiger partial charge on any atom is 0.338 e. The molecule has 0 saturated heterocycles. The first-order valence-electron chi connectivity index (χ1n) is 7.47. The van der Waals surface area contributed by atoms with Crippen LogP contribution in [0, 0.1) is 0 Å². The molecule has 0 bridgehead atoms. The van der Waals surface area contributed by atoms with Gasteiger partial charge in [0.15, 0.2) is 0 Å². The molecule has 24 heavy (non-hydrogen) atoms. The summed E-state index contributed by atoms with van der Waals surface area (Å²) in [5, 5.41) is 2.58. The highest BCUT2D eigenvalue weighted by Gasteiger charge is 2.18. The lowest BCUT2D eigenvalue weighted by molar-refractivity contribution is 0.0601. The van der Waals surface area contributed by atoms with E-state index in [0.717, 1.165) is 27.5 Å². The number of esters is 1. The number of methoxy groups -OCH3 is 1. The maximum absolute atomic E-state index is 12.1. The van der Waals surface area contributed by atoms with Crippen LogP contribution in [-0.4, -0.2) is 13.1 Å². The molecule has 0 amide bonds. The fourth-order valence-electron chi connectivity index (χ4n) is 2.99. The highest BCUT2D eigenvalue weighted by Crippen LogP contribution is 2.37. The van der Waals surface area contributed by atoms with Gasteiger partial charge in [0.25, 0.3) is 0 Å². The molecule has 4 rings (SSSR count). The number of carbonyl (C=O) groups excluding carboxylic acids is 1. The summed E-state index contributed by atoms with van der Waals surface area (Å²) in [5.74, 6) is -0.408. The van der Waals surface area contributed by atoms with Gasteiger partial charge in [-0.1, -0.05) is 48.0 Å². The molecule has 3 nitrogen and oxygen atoms in total. The Balaban J connectivity index is 2.07. The Morgan fingerprint density at radius 3 is 2.58 bits per heavy atom. The van der Waals surface area contributed by atoms with Crippen LogP contribution in [0.15, 0.2) is 65.1 Å². The monoisotopic (exact) mass is 336 g/mol. The van der Waals surface area contributed by atoms with E-state index in [9.17, 15) is 4.79 Å². The van der Waals surface area contributed by atoms with Gasteiger partial charge in [-0.25, -0.2) is 4.79 Å². The summed E-state index contributed by atoms with van der Waals surface area (Å²) in [7, 11) is 1.36. The summed E-state index contributed by atoms with van der Waals surface area (Å²) in [6, 6.07) is 18.8. The number of fused-ring (bicyclic) bond motifs is 3. The second kappa shape index (κ2) is 5.69. The number of hydrogen-bond acceptors (Lipinski definition) is 3. The van der Waals surface area contributed by atoms with E-state index in [1.165, 1.54) is 7.11 Å². The molecule has 1 aromatic heterocycles. The van der Waals surface area contributed by atoms with Crippen molar-refractivity contribution in [3.05, 3.63) is 71.2 Å². The number of hydrogen-bond donors (Lipinski definition) is 0. The van der Waals surface area contributed by atoms with Crippen LogP contribution in [0.5, 0.6) is 0 Å². The largest absolute Gasteiger partial charge is 0.465 e. The van der Waals surface area contributed by atoms with Crippen LogP contribution in [-0.2, 0) is 4.74 Å². The van der Waals surface area contributed by atoms with Crippen LogP contribution < -0.4 is 0 Å². The molecular formula is C20H13ClO3. The minimum atomic E-state index is -0.408. The van der Waals surface area contributed by atoms with Gasteiger partial charge in [-0.05, 0) is 24.3 Å². The SMILES string of the molecule is COC(=O)c1ccc(Cl)cc1-c1cccc2c1oc1ccccc12. The average Bonchev–Trinajstić information content (AvgIpc) is 2.99. The quantitative estimate of drug-likeness (QED) is 0.441. The van der Waals surface area contributed by atoms with Gasteiger partial charge in [0.1, 0.15) is 11.2 Å². The van der Waals surface area contributed by atoms with Crippen LogP contribution in [0.1, 0.15) is 10.4 Å². The molecule has 0 N–H and O–H groups in total. The summed E-state index contributed by atoms with van der Waals surface area (Å²) < 4.78 is 10.9. The lowest BCUT2D eigenvalue weighted by Crippen LogP contribution is -2.03. The molecule has 0 aliphatic carbocycles. The zero-order chi connectivity index (χ0) is 16.7. The maximum atomic E-state index is 12.1. The fourth-order valence-corrected chi connectivity index (χ4v) is 3.16. The number of benzene rings is 3. The zero-order valence-electron chi connectivity index (χ0n) is 12.9. The van der Waals surface area contributed by atoms with E-state index in [-0.39, 0.29) is 0 Å². The first kappa shape index (κ1) is 14.8. The minimum absolute atomic E-state index is 0.408. The first-order valence-corrected chi connectivity index (χ1v) is 7.85. The van der Waals surface area contributed by atoms with Crippen LogP contribution in [0.2, 0.25) is 5.02 Å². The van der Waals surface area contributed by atoms with E-state index in [0.29, 0.717) is 16.1 Å². The fraction of sp³-hybridized carbons (Fsp3) is 0.0500.